The van der Waals surface area contributed by atoms with E-state index in [2.05, 4.69) is 0 Å². The zero-order valence-corrected chi connectivity index (χ0v) is 23.4. The molecule has 0 heterocycles. The number of ether oxygens (including phenoxy) is 2. The molecule has 8 heteroatoms. The zero-order chi connectivity index (χ0) is 28.2. The van der Waals surface area contributed by atoms with E-state index < -0.39 is 11.9 Å². The summed E-state index contributed by atoms with van der Waals surface area (Å²) < 4.78 is 10.3. The van der Waals surface area contributed by atoms with Crippen molar-refractivity contribution >= 4 is 47.0 Å². The number of ketones is 2. The van der Waals surface area contributed by atoms with E-state index in [0.717, 1.165) is 0 Å². The van der Waals surface area contributed by atoms with Crippen LogP contribution in [0.25, 0.3) is 0 Å². The Balaban J connectivity index is 1.54. The van der Waals surface area contributed by atoms with Gasteiger partial charge in [0.05, 0.1) is 24.8 Å². The minimum Gasteiger partial charge on any atom is -0.465 e. The number of fused-ring (bicyclic) bond motifs is 2. The van der Waals surface area contributed by atoms with E-state index in [1.165, 1.54) is 30.6 Å². The topological polar surface area (TPSA) is 86.7 Å². The van der Waals surface area contributed by atoms with Crippen LogP contribution in [-0.4, -0.2) is 37.2 Å². The average Bonchev–Trinajstić information content (AvgIpc) is 2.98. The van der Waals surface area contributed by atoms with E-state index in [9.17, 15) is 19.2 Å². The van der Waals surface area contributed by atoms with Crippen molar-refractivity contribution in [2.24, 2.45) is 0 Å². The van der Waals surface area contributed by atoms with Gasteiger partial charge in [0.15, 0.2) is 11.6 Å². The first kappa shape index (κ1) is 27.4. The second-order valence-corrected chi connectivity index (χ2v) is 11.0. The Morgan fingerprint density at radius 1 is 0.625 bits per heavy atom. The van der Waals surface area contributed by atoms with Gasteiger partial charge < -0.3 is 9.47 Å². The predicted octanol–water partition coefficient (Wildman–Crippen LogP) is 7.12. The molecule has 0 atom stereocenters. The van der Waals surface area contributed by atoms with Crippen molar-refractivity contribution in [3.8, 4) is 0 Å². The summed E-state index contributed by atoms with van der Waals surface area (Å²) in [6.07, 6.45) is 0.706. The summed E-state index contributed by atoms with van der Waals surface area (Å²) in [5, 5.41) is 0. The molecule has 0 amide bonds. The van der Waals surface area contributed by atoms with Crippen molar-refractivity contribution in [2.45, 2.75) is 32.9 Å². The van der Waals surface area contributed by atoms with Crippen molar-refractivity contribution in [1.29, 1.82) is 0 Å². The number of carbonyl (C=O) groups is 4. The van der Waals surface area contributed by atoms with Crippen molar-refractivity contribution in [2.75, 3.05) is 13.7 Å². The first-order valence-corrected chi connectivity index (χ1v) is 14.2. The summed E-state index contributed by atoms with van der Waals surface area (Å²) in [7, 11) is 1.31. The molecule has 0 fully saturated rings. The van der Waals surface area contributed by atoms with E-state index in [4.69, 9.17) is 9.47 Å². The molecule has 1 aliphatic rings. The summed E-state index contributed by atoms with van der Waals surface area (Å²) in [4.78, 5) is 55.2. The molecule has 5 rings (SSSR count). The third-order valence-electron chi connectivity index (χ3n) is 6.27. The number of hydrogen-bond acceptors (Lipinski definition) is 8. The first-order chi connectivity index (χ1) is 19.4. The fraction of sp³-hybridized carbons (Fsp3) is 0.125. The average molecular weight is 569 g/mol. The molecule has 0 aliphatic heterocycles. The van der Waals surface area contributed by atoms with Crippen molar-refractivity contribution in [1.82, 2.24) is 0 Å². The highest BCUT2D eigenvalue weighted by Crippen LogP contribution is 2.42. The lowest BCUT2D eigenvalue weighted by molar-refractivity contribution is 0.0500. The van der Waals surface area contributed by atoms with Crippen molar-refractivity contribution < 1.29 is 28.7 Å². The lowest BCUT2D eigenvalue weighted by Gasteiger charge is -2.22. The maximum Gasteiger partial charge on any atom is 0.339 e. The quantitative estimate of drug-likeness (QED) is 0.183. The molecule has 4 aromatic carbocycles. The number of methoxy groups -OCH3 is 1. The number of carbonyl (C=O) groups excluding carboxylic acids is 4. The maximum atomic E-state index is 13.9. The van der Waals surface area contributed by atoms with Crippen molar-refractivity contribution in [3.63, 3.8) is 0 Å². The minimum absolute atomic E-state index is 0.276. The Labute approximate surface area is 240 Å². The van der Waals surface area contributed by atoms with Gasteiger partial charge in [-0.25, -0.2) is 9.59 Å². The number of benzene rings is 4. The van der Waals surface area contributed by atoms with Gasteiger partial charge in [0, 0.05) is 41.8 Å². The highest BCUT2D eigenvalue weighted by Gasteiger charge is 2.34. The second-order valence-electron chi connectivity index (χ2n) is 8.84. The second kappa shape index (κ2) is 11.9. The zero-order valence-electron chi connectivity index (χ0n) is 21.8. The predicted molar refractivity (Wildman–Crippen MR) is 153 cm³/mol. The molecule has 0 saturated heterocycles. The molecular formula is C32H24O6S2. The maximum absolute atomic E-state index is 13.9. The molecule has 0 unspecified atom stereocenters. The molecule has 200 valence electrons. The fourth-order valence-corrected chi connectivity index (χ4v) is 6.61. The van der Waals surface area contributed by atoms with Gasteiger partial charge in [-0.1, -0.05) is 79.0 Å². The van der Waals surface area contributed by atoms with Gasteiger partial charge in [-0.3, -0.25) is 9.59 Å². The van der Waals surface area contributed by atoms with Crippen molar-refractivity contribution in [3.05, 3.63) is 118 Å². The highest BCUT2D eigenvalue weighted by atomic mass is 32.2. The van der Waals surface area contributed by atoms with Crippen LogP contribution in [0.2, 0.25) is 0 Å². The molecule has 0 aromatic heterocycles. The third-order valence-corrected chi connectivity index (χ3v) is 8.54. The fourth-order valence-electron chi connectivity index (χ4n) is 4.42. The Morgan fingerprint density at radius 3 is 1.55 bits per heavy atom. The Bertz CT molecular complexity index is 1660. The van der Waals surface area contributed by atoms with Gasteiger partial charge in [0.2, 0.25) is 0 Å². The van der Waals surface area contributed by atoms with Gasteiger partial charge >= 0.3 is 11.9 Å². The lowest BCUT2D eigenvalue weighted by Crippen LogP contribution is -2.22. The summed E-state index contributed by atoms with van der Waals surface area (Å²) in [6.45, 7) is 2.24. The third kappa shape index (κ3) is 5.20. The van der Waals surface area contributed by atoms with Crippen LogP contribution in [0.3, 0.4) is 0 Å². The van der Waals surface area contributed by atoms with Gasteiger partial charge in [-0.2, -0.15) is 0 Å². The SMILES string of the molecule is CCCOC(=O)c1ccccc1Sc1cccc2c1C(=O)c1cccc(Sc3ccccc3C(=O)OC)c1C2=O. The van der Waals surface area contributed by atoms with Gasteiger partial charge in [0.1, 0.15) is 0 Å². The monoisotopic (exact) mass is 568 g/mol. The molecule has 0 N–H and O–H groups in total. The van der Waals surface area contributed by atoms with Gasteiger partial charge in [-0.15, -0.1) is 0 Å². The number of rotatable bonds is 8. The molecule has 40 heavy (non-hydrogen) atoms. The van der Waals surface area contributed by atoms with Gasteiger partial charge in [0.25, 0.3) is 0 Å². The smallest absolute Gasteiger partial charge is 0.339 e. The Hall–Kier alpha value is -4.14. The largest absolute Gasteiger partial charge is 0.465 e. The van der Waals surface area contributed by atoms with E-state index in [-0.39, 0.29) is 11.6 Å². The molecule has 0 spiro atoms. The van der Waals surface area contributed by atoms with Crippen LogP contribution in [0.4, 0.5) is 0 Å². The van der Waals surface area contributed by atoms with Crippen LogP contribution >= 0.6 is 23.5 Å². The van der Waals surface area contributed by atoms with Crippen LogP contribution in [0.15, 0.2) is 105 Å². The molecule has 0 bridgehead atoms. The molecule has 1 aliphatic carbocycles. The molecule has 0 radical (unpaired) electrons. The summed E-state index contributed by atoms with van der Waals surface area (Å²) in [5.74, 6) is -1.47. The standard InChI is InChI=1S/C32H24O6S2/c1-3-18-38-32(36)20-11-5-7-15-24(20)40-26-17-9-13-22-28(26)30(34)21-12-8-16-25(27(21)29(22)33)39-23-14-6-4-10-19(23)31(35)37-2/h4-17H,3,18H2,1-2H3. The lowest BCUT2D eigenvalue weighted by atomic mass is 9.84. The van der Waals surface area contributed by atoms with Crippen LogP contribution < -0.4 is 0 Å². The Morgan fingerprint density at radius 2 is 1.07 bits per heavy atom. The molecule has 4 aromatic rings. The number of esters is 2. The van der Waals surface area contributed by atoms with Crippen LogP contribution in [0.1, 0.15) is 65.9 Å². The minimum atomic E-state index is -0.485. The van der Waals surface area contributed by atoms with E-state index in [1.807, 2.05) is 13.0 Å². The van der Waals surface area contributed by atoms with Crippen LogP contribution in [0.5, 0.6) is 0 Å². The van der Waals surface area contributed by atoms with E-state index in [0.29, 0.717) is 66.0 Å². The molecule has 0 saturated carbocycles. The Kier molecular flexibility index (Phi) is 8.19. The normalized spacial score (nSPS) is 11.9. The van der Waals surface area contributed by atoms with Crippen LogP contribution in [0, 0.1) is 0 Å². The number of hydrogen-bond donors (Lipinski definition) is 0. The van der Waals surface area contributed by atoms with E-state index >= 15 is 0 Å². The van der Waals surface area contributed by atoms with Crippen LogP contribution in [-0.2, 0) is 9.47 Å². The summed E-state index contributed by atoms with van der Waals surface area (Å²) >= 11 is 2.50. The molecule has 6 nitrogen and oxygen atoms in total. The van der Waals surface area contributed by atoms with E-state index in [1.54, 1.807) is 78.9 Å². The van der Waals surface area contributed by atoms with Gasteiger partial charge in [-0.05, 0) is 42.8 Å². The summed E-state index contributed by atoms with van der Waals surface area (Å²) in [5.41, 5.74) is 1.97. The first-order valence-electron chi connectivity index (χ1n) is 12.6. The molecular weight excluding hydrogens is 544 g/mol. The highest BCUT2D eigenvalue weighted by molar-refractivity contribution is 7.99. The summed E-state index contributed by atoms with van der Waals surface area (Å²) in [6, 6.07) is 24.3.